The topological polar surface area (TPSA) is 41.1 Å². The summed E-state index contributed by atoms with van der Waals surface area (Å²) >= 11 is 0. The molecular formula is C17H30N4. The van der Waals surface area contributed by atoms with Crippen LogP contribution in [0.5, 0.6) is 0 Å². The zero-order chi connectivity index (χ0) is 15.2. The monoisotopic (exact) mass is 290 g/mol. The summed E-state index contributed by atoms with van der Waals surface area (Å²) in [6, 6.07) is 0. The van der Waals surface area contributed by atoms with Crippen LogP contribution in [0.25, 0.3) is 0 Å². The molecule has 21 heavy (non-hydrogen) atoms. The minimum Gasteiger partial charge on any atom is -0.372 e. The Morgan fingerprint density at radius 3 is 2.67 bits per heavy atom. The third-order valence-corrected chi connectivity index (χ3v) is 4.34. The Morgan fingerprint density at radius 2 is 2.05 bits per heavy atom. The van der Waals surface area contributed by atoms with Crippen molar-refractivity contribution in [3.63, 3.8) is 0 Å². The number of aromatic nitrogens is 2. The van der Waals surface area contributed by atoms with E-state index in [1.807, 2.05) is 6.20 Å². The van der Waals surface area contributed by atoms with Crippen molar-refractivity contribution >= 4 is 5.69 Å². The van der Waals surface area contributed by atoms with Gasteiger partial charge < -0.3 is 10.2 Å². The Kier molecular flexibility index (Phi) is 5.97. The second-order valence-electron chi connectivity index (χ2n) is 6.53. The lowest BCUT2D eigenvalue weighted by molar-refractivity contribution is 0.544. The van der Waals surface area contributed by atoms with Gasteiger partial charge in [-0.05, 0) is 25.3 Å². The van der Waals surface area contributed by atoms with Crippen LogP contribution in [-0.4, -0.2) is 30.1 Å². The molecule has 1 aromatic rings. The van der Waals surface area contributed by atoms with Gasteiger partial charge in [-0.25, -0.2) is 9.97 Å². The molecule has 4 nitrogen and oxygen atoms in total. The molecule has 0 spiro atoms. The molecule has 118 valence electrons. The number of hydrogen-bond acceptors (Lipinski definition) is 4. The molecule has 0 unspecified atom stereocenters. The first-order valence-electron chi connectivity index (χ1n) is 8.39. The molecule has 1 saturated carbocycles. The van der Waals surface area contributed by atoms with E-state index in [0.717, 1.165) is 37.1 Å². The van der Waals surface area contributed by atoms with E-state index < -0.39 is 0 Å². The van der Waals surface area contributed by atoms with Crippen LogP contribution in [0.15, 0.2) is 6.20 Å². The molecule has 1 aliphatic carbocycles. The predicted octanol–water partition coefficient (Wildman–Crippen LogP) is 3.34. The fourth-order valence-electron chi connectivity index (χ4n) is 3.08. The third kappa shape index (κ3) is 4.40. The summed E-state index contributed by atoms with van der Waals surface area (Å²) in [4.78, 5) is 11.7. The smallest absolute Gasteiger partial charge is 0.131 e. The summed E-state index contributed by atoms with van der Waals surface area (Å²) in [5.41, 5.74) is 2.32. The highest BCUT2D eigenvalue weighted by Gasteiger charge is 2.19. The first-order chi connectivity index (χ1) is 10.1. The minimum atomic E-state index is 0.375. The molecule has 0 bridgehead atoms. The van der Waals surface area contributed by atoms with Gasteiger partial charge in [-0.3, -0.25) is 0 Å². The lowest BCUT2D eigenvalue weighted by Crippen LogP contribution is -2.27. The maximum Gasteiger partial charge on any atom is 0.131 e. The maximum atomic E-state index is 4.79. The summed E-state index contributed by atoms with van der Waals surface area (Å²) in [7, 11) is 2.18. The molecule has 0 amide bonds. The molecule has 4 heteroatoms. The standard InChI is InChI=1S/C17H30N4/c1-5-18-10-15-16(11-19-17(20-15)13(2)3)21(4)12-14-8-6-7-9-14/h11,13-14,18H,5-10,12H2,1-4H3. The lowest BCUT2D eigenvalue weighted by atomic mass is 10.1. The first kappa shape index (κ1) is 16.2. The number of rotatable bonds is 7. The lowest BCUT2D eigenvalue weighted by Gasteiger charge is -2.25. The normalized spacial score (nSPS) is 15.9. The van der Waals surface area contributed by atoms with Crippen LogP contribution in [0.4, 0.5) is 5.69 Å². The maximum absolute atomic E-state index is 4.79. The Hall–Kier alpha value is -1.16. The average Bonchev–Trinajstić information content (AvgIpc) is 2.97. The van der Waals surface area contributed by atoms with E-state index in [0.29, 0.717) is 5.92 Å². The van der Waals surface area contributed by atoms with Crippen LogP contribution in [-0.2, 0) is 6.54 Å². The van der Waals surface area contributed by atoms with Gasteiger partial charge in [-0.1, -0.05) is 33.6 Å². The quantitative estimate of drug-likeness (QED) is 0.836. The van der Waals surface area contributed by atoms with Crippen molar-refractivity contribution in [2.75, 3.05) is 25.0 Å². The summed E-state index contributed by atoms with van der Waals surface area (Å²) < 4.78 is 0. The number of hydrogen-bond donors (Lipinski definition) is 1. The molecule has 0 atom stereocenters. The molecular weight excluding hydrogens is 260 g/mol. The van der Waals surface area contributed by atoms with Crippen LogP contribution in [0, 0.1) is 5.92 Å². The summed E-state index contributed by atoms with van der Waals surface area (Å²) in [6.07, 6.45) is 7.55. The number of nitrogens with zero attached hydrogens (tertiary/aromatic N) is 3. The van der Waals surface area contributed by atoms with Gasteiger partial charge in [0.2, 0.25) is 0 Å². The Balaban J connectivity index is 2.14. The fourth-order valence-corrected chi connectivity index (χ4v) is 3.08. The van der Waals surface area contributed by atoms with Crippen molar-refractivity contribution in [1.82, 2.24) is 15.3 Å². The van der Waals surface area contributed by atoms with Gasteiger partial charge in [0.05, 0.1) is 17.6 Å². The van der Waals surface area contributed by atoms with E-state index in [1.165, 1.54) is 31.4 Å². The summed E-state index contributed by atoms with van der Waals surface area (Å²) in [5.74, 6) is 2.16. The van der Waals surface area contributed by atoms with Gasteiger partial charge >= 0.3 is 0 Å². The molecule has 1 heterocycles. The van der Waals surface area contributed by atoms with Gasteiger partial charge in [0.15, 0.2) is 0 Å². The Morgan fingerprint density at radius 1 is 1.33 bits per heavy atom. The third-order valence-electron chi connectivity index (χ3n) is 4.34. The van der Waals surface area contributed by atoms with Crippen molar-refractivity contribution in [3.05, 3.63) is 17.7 Å². The average molecular weight is 290 g/mol. The second kappa shape index (κ2) is 7.74. The summed E-state index contributed by atoms with van der Waals surface area (Å²) in [6.45, 7) is 9.34. The molecule has 1 aliphatic rings. The molecule has 0 aliphatic heterocycles. The highest BCUT2D eigenvalue weighted by atomic mass is 15.1. The Labute approximate surface area is 129 Å². The minimum absolute atomic E-state index is 0.375. The van der Waals surface area contributed by atoms with E-state index in [1.54, 1.807) is 0 Å². The van der Waals surface area contributed by atoms with Crippen LogP contribution in [0.1, 0.15) is 63.9 Å². The van der Waals surface area contributed by atoms with Crippen LogP contribution < -0.4 is 10.2 Å². The molecule has 1 fully saturated rings. The number of nitrogens with one attached hydrogen (secondary N) is 1. The van der Waals surface area contributed by atoms with Gasteiger partial charge in [-0.15, -0.1) is 0 Å². The molecule has 1 aromatic heterocycles. The van der Waals surface area contributed by atoms with E-state index in [2.05, 4.69) is 43.0 Å². The second-order valence-corrected chi connectivity index (χ2v) is 6.53. The largest absolute Gasteiger partial charge is 0.372 e. The first-order valence-corrected chi connectivity index (χ1v) is 8.39. The number of anilines is 1. The summed E-state index contributed by atoms with van der Waals surface area (Å²) in [5, 5.41) is 3.40. The Bertz CT molecular complexity index is 438. The molecule has 0 aromatic carbocycles. The highest BCUT2D eigenvalue weighted by Crippen LogP contribution is 2.28. The van der Waals surface area contributed by atoms with Crippen LogP contribution in [0.3, 0.4) is 0 Å². The zero-order valence-corrected chi connectivity index (χ0v) is 14.0. The van der Waals surface area contributed by atoms with Gasteiger partial charge in [0, 0.05) is 26.1 Å². The molecule has 0 saturated heterocycles. The predicted molar refractivity (Wildman–Crippen MR) is 88.7 cm³/mol. The van der Waals surface area contributed by atoms with Crippen molar-refractivity contribution in [2.45, 2.75) is 58.9 Å². The van der Waals surface area contributed by atoms with Crippen LogP contribution >= 0.6 is 0 Å². The molecule has 1 N–H and O–H groups in total. The van der Waals surface area contributed by atoms with Gasteiger partial charge in [0.1, 0.15) is 5.82 Å². The molecule has 0 radical (unpaired) electrons. The van der Waals surface area contributed by atoms with Gasteiger partial charge in [0.25, 0.3) is 0 Å². The van der Waals surface area contributed by atoms with Crippen molar-refractivity contribution in [3.8, 4) is 0 Å². The van der Waals surface area contributed by atoms with Gasteiger partial charge in [-0.2, -0.15) is 0 Å². The van der Waals surface area contributed by atoms with E-state index in [-0.39, 0.29) is 0 Å². The van der Waals surface area contributed by atoms with Crippen molar-refractivity contribution in [1.29, 1.82) is 0 Å². The fraction of sp³-hybridized carbons (Fsp3) is 0.765. The van der Waals surface area contributed by atoms with E-state index in [9.17, 15) is 0 Å². The van der Waals surface area contributed by atoms with Crippen molar-refractivity contribution < 1.29 is 0 Å². The zero-order valence-electron chi connectivity index (χ0n) is 14.0. The van der Waals surface area contributed by atoms with E-state index >= 15 is 0 Å². The van der Waals surface area contributed by atoms with Crippen LogP contribution in [0.2, 0.25) is 0 Å². The van der Waals surface area contributed by atoms with E-state index in [4.69, 9.17) is 4.98 Å². The van der Waals surface area contributed by atoms with Crippen molar-refractivity contribution in [2.24, 2.45) is 5.92 Å². The SMILES string of the molecule is CCNCc1nc(C(C)C)ncc1N(C)CC1CCCC1. The molecule has 2 rings (SSSR count). The highest BCUT2D eigenvalue weighted by molar-refractivity contribution is 5.48.